The van der Waals surface area contributed by atoms with Gasteiger partial charge in [-0.2, -0.15) is 13.2 Å². The molecule has 0 atom stereocenters. The molecule has 3 aromatic carbocycles. The van der Waals surface area contributed by atoms with Gasteiger partial charge in [0.15, 0.2) is 0 Å². The smallest absolute Gasteiger partial charge is 0.416 e. The van der Waals surface area contributed by atoms with Gasteiger partial charge in [-0.05, 0) is 72.3 Å². The third-order valence-corrected chi connectivity index (χ3v) is 6.14. The van der Waals surface area contributed by atoms with Crippen LogP contribution in [-0.4, -0.2) is 26.6 Å². The van der Waals surface area contributed by atoms with Gasteiger partial charge in [-0.1, -0.05) is 0 Å². The van der Waals surface area contributed by atoms with E-state index in [0.29, 0.717) is 0 Å². The van der Waals surface area contributed by atoms with E-state index in [4.69, 9.17) is 14.6 Å². The summed E-state index contributed by atoms with van der Waals surface area (Å²) in [6.07, 6.45) is -4.83. The van der Waals surface area contributed by atoms with Crippen molar-refractivity contribution < 1.29 is 41.0 Å². The molecule has 0 saturated heterocycles. The van der Waals surface area contributed by atoms with Crippen molar-refractivity contribution in [3.63, 3.8) is 0 Å². The average molecular weight is 466 g/mol. The van der Waals surface area contributed by atoms with Gasteiger partial charge in [-0.3, -0.25) is 4.79 Å². The number of carboxylic acids is 1. The molecule has 168 valence electrons. The molecule has 0 aliphatic heterocycles. The zero-order chi connectivity index (χ0) is 23.5. The normalized spacial score (nSPS) is 11.8. The molecule has 0 aliphatic carbocycles. The summed E-state index contributed by atoms with van der Waals surface area (Å²) in [6, 6.07) is 13.4. The van der Waals surface area contributed by atoms with E-state index in [1.54, 1.807) is 0 Å². The standard InChI is InChI=1S/C22H17F3O6S/c1-30-18-10-14(12-21(26)27)11-20(13-18)32(28,29)19-8-6-17(7-9-19)31-16-4-2-15(3-5-16)22(23,24)25/h2-11,13H,12H2,1H3,(H,26,27). The lowest BCUT2D eigenvalue weighted by molar-refractivity contribution is -0.138. The lowest BCUT2D eigenvalue weighted by Gasteiger charge is -2.11. The first-order valence-electron chi connectivity index (χ1n) is 9.09. The summed E-state index contributed by atoms with van der Waals surface area (Å²) in [5.74, 6) is -0.545. The highest BCUT2D eigenvalue weighted by Gasteiger charge is 2.30. The van der Waals surface area contributed by atoms with Gasteiger partial charge in [-0.25, -0.2) is 8.42 Å². The van der Waals surface area contributed by atoms with E-state index in [2.05, 4.69) is 0 Å². The second-order valence-electron chi connectivity index (χ2n) is 6.69. The summed E-state index contributed by atoms with van der Waals surface area (Å²) >= 11 is 0. The molecule has 0 spiro atoms. The fraction of sp³-hybridized carbons (Fsp3) is 0.136. The van der Waals surface area contributed by atoms with Crippen LogP contribution in [0.5, 0.6) is 17.2 Å². The summed E-state index contributed by atoms with van der Waals surface area (Å²) in [4.78, 5) is 10.8. The van der Waals surface area contributed by atoms with Gasteiger partial charge in [0.1, 0.15) is 17.2 Å². The van der Waals surface area contributed by atoms with Gasteiger partial charge < -0.3 is 14.6 Å². The van der Waals surface area contributed by atoms with Crippen LogP contribution in [-0.2, 0) is 27.2 Å². The largest absolute Gasteiger partial charge is 0.497 e. The first-order chi connectivity index (χ1) is 15.0. The van der Waals surface area contributed by atoms with E-state index < -0.39 is 27.5 Å². The van der Waals surface area contributed by atoms with Crippen molar-refractivity contribution in [1.29, 1.82) is 0 Å². The second kappa shape index (κ2) is 8.91. The summed E-state index contributed by atoms with van der Waals surface area (Å²) in [5, 5.41) is 8.99. The summed E-state index contributed by atoms with van der Waals surface area (Å²) < 4.78 is 74.5. The van der Waals surface area contributed by atoms with Crippen LogP contribution in [0.1, 0.15) is 11.1 Å². The highest BCUT2D eigenvalue weighted by molar-refractivity contribution is 7.91. The molecule has 0 aliphatic rings. The molecule has 0 fully saturated rings. The highest BCUT2D eigenvalue weighted by atomic mass is 32.2. The molecular weight excluding hydrogens is 449 g/mol. The molecule has 32 heavy (non-hydrogen) atoms. The SMILES string of the molecule is COc1cc(CC(=O)O)cc(S(=O)(=O)c2ccc(Oc3ccc(C(F)(F)F)cc3)cc2)c1. The van der Waals surface area contributed by atoms with Crippen molar-refractivity contribution in [1.82, 2.24) is 0 Å². The predicted molar refractivity (Wildman–Crippen MR) is 108 cm³/mol. The Hall–Kier alpha value is -3.53. The van der Waals surface area contributed by atoms with Crippen LogP contribution in [0.3, 0.4) is 0 Å². The maximum Gasteiger partial charge on any atom is 0.416 e. The number of halogens is 3. The lowest BCUT2D eigenvalue weighted by atomic mass is 10.1. The van der Waals surface area contributed by atoms with Crippen molar-refractivity contribution in [3.05, 3.63) is 77.9 Å². The van der Waals surface area contributed by atoms with Crippen molar-refractivity contribution >= 4 is 15.8 Å². The summed E-state index contributed by atoms with van der Waals surface area (Å²) in [6.45, 7) is 0. The Labute approximate surface area is 181 Å². The maximum atomic E-state index is 13.0. The second-order valence-corrected chi connectivity index (χ2v) is 8.64. The number of alkyl halides is 3. The van der Waals surface area contributed by atoms with E-state index in [0.717, 1.165) is 24.3 Å². The fourth-order valence-corrected chi connectivity index (χ4v) is 4.20. The Morgan fingerprint density at radius 2 is 1.44 bits per heavy atom. The number of aliphatic carboxylic acids is 1. The molecule has 3 rings (SSSR count). The Morgan fingerprint density at radius 1 is 0.875 bits per heavy atom. The number of carboxylic acid groups (broad SMARTS) is 1. The number of benzene rings is 3. The van der Waals surface area contributed by atoms with Crippen LogP contribution in [0.4, 0.5) is 13.2 Å². The Kier molecular flexibility index (Phi) is 6.45. The van der Waals surface area contributed by atoms with E-state index in [9.17, 15) is 26.4 Å². The Balaban J connectivity index is 1.84. The molecule has 0 heterocycles. The zero-order valence-corrected chi connectivity index (χ0v) is 17.4. The van der Waals surface area contributed by atoms with Crippen molar-refractivity contribution in [3.8, 4) is 17.2 Å². The first-order valence-corrected chi connectivity index (χ1v) is 10.6. The van der Waals surface area contributed by atoms with Crippen LogP contribution in [0.25, 0.3) is 0 Å². The number of hydrogen-bond acceptors (Lipinski definition) is 5. The number of ether oxygens (including phenoxy) is 2. The topological polar surface area (TPSA) is 89.9 Å². The van der Waals surface area contributed by atoms with Gasteiger partial charge in [0, 0.05) is 0 Å². The number of methoxy groups -OCH3 is 1. The quantitative estimate of drug-likeness (QED) is 0.529. The van der Waals surface area contributed by atoms with Gasteiger partial charge in [0.25, 0.3) is 0 Å². The first kappa shape index (κ1) is 23.1. The summed E-state index contributed by atoms with van der Waals surface area (Å²) in [5.41, 5.74) is -0.551. The van der Waals surface area contributed by atoms with E-state index >= 15 is 0 Å². The molecule has 0 aromatic heterocycles. The fourth-order valence-electron chi connectivity index (χ4n) is 2.85. The van der Waals surface area contributed by atoms with E-state index in [-0.39, 0.29) is 39.0 Å². The third kappa shape index (κ3) is 5.38. The molecule has 10 heteroatoms. The van der Waals surface area contributed by atoms with Crippen LogP contribution in [0.15, 0.2) is 76.5 Å². The molecule has 1 N–H and O–H groups in total. The summed E-state index contributed by atoms with van der Waals surface area (Å²) in [7, 11) is -2.66. The monoisotopic (exact) mass is 466 g/mol. The molecular formula is C22H17F3O6S. The van der Waals surface area contributed by atoms with Crippen LogP contribution >= 0.6 is 0 Å². The van der Waals surface area contributed by atoms with Gasteiger partial charge in [0.2, 0.25) is 9.84 Å². The van der Waals surface area contributed by atoms with Gasteiger partial charge >= 0.3 is 12.1 Å². The van der Waals surface area contributed by atoms with Crippen LogP contribution in [0.2, 0.25) is 0 Å². The number of hydrogen-bond donors (Lipinski definition) is 1. The molecule has 3 aromatic rings. The Morgan fingerprint density at radius 3 is 1.94 bits per heavy atom. The Bertz CT molecular complexity index is 1220. The third-order valence-electron chi connectivity index (χ3n) is 4.39. The van der Waals surface area contributed by atoms with Crippen molar-refractivity contribution in [2.45, 2.75) is 22.4 Å². The number of sulfone groups is 1. The van der Waals surface area contributed by atoms with Crippen LogP contribution < -0.4 is 9.47 Å². The van der Waals surface area contributed by atoms with E-state index in [1.165, 1.54) is 49.6 Å². The van der Waals surface area contributed by atoms with E-state index in [1.807, 2.05) is 0 Å². The van der Waals surface area contributed by atoms with Crippen molar-refractivity contribution in [2.24, 2.45) is 0 Å². The molecule has 0 bridgehead atoms. The molecule has 0 unspecified atom stereocenters. The maximum absolute atomic E-state index is 13.0. The predicted octanol–water partition coefficient (Wildman–Crippen LogP) is 4.97. The van der Waals surface area contributed by atoms with Gasteiger partial charge in [-0.15, -0.1) is 0 Å². The number of carbonyl (C=O) groups is 1. The minimum Gasteiger partial charge on any atom is -0.497 e. The molecule has 0 amide bonds. The molecule has 6 nitrogen and oxygen atoms in total. The molecule has 0 radical (unpaired) electrons. The lowest BCUT2D eigenvalue weighted by Crippen LogP contribution is -2.06. The zero-order valence-electron chi connectivity index (χ0n) is 16.6. The number of rotatable bonds is 7. The van der Waals surface area contributed by atoms with Crippen molar-refractivity contribution in [2.75, 3.05) is 7.11 Å². The van der Waals surface area contributed by atoms with Gasteiger partial charge in [0.05, 0.1) is 28.9 Å². The molecule has 0 saturated carbocycles. The highest BCUT2D eigenvalue weighted by Crippen LogP contribution is 2.32. The average Bonchev–Trinajstić information content (AvgIpc) is 2.73. The minimum atomic E-state index is -4.46. The minimum absolute atomic E-state index is 0.0770. The van der Waals surface area contributed by atoms with Crippen LogP contribution in [0, 0.1) is 0 Å².